The molecule has 0 saturated heterocycles. The van der Waals surface area contributed by atoms with Crippen LogP contribution in [0.15, 0.2) is 36.4 Å². The van der Waals surface area contributed by atoms with E-state index in [0.29, 0.717) is 9.79 Å². The molecule has 4 rings (SSSR count). The van der Waals surface area contributed by atoms with E-state index in [2.05, 4.69) is 4.98 Å². The summed E-state index contributed by atoms with van der Waals surface area (Å²) in [6.07, 6.45) is 0. The lowest BCUT2D eigenvalue weighted by atomic mass is 10.2. The highest BCUT2D eigenvalue weighted by atomic mass is 35.5. The van der Waals surface area contributed by atoms with Gasteiger partial charge in [-0.25, -0.2) is 0 Å². The number of aromatic nitrogens is 2. The van der Waals surface area contributed by atoms with E-state index in [1.165, 1.54) is 0 Å². The first kappa shape index (κ1) is 11.8. The standard InChI is InChI=1S/C14H9ClN2O2S/c15-8-1-3-10-11(5-8)17(14(20)16-10)9-2-4-12-13(6-9)19-7-18-12/h1-6H,7H2,(H,16,20). The van der Waals surface area contributed by atoms with Crippen molar-refractivity contribution in [2.24, 2.45) is 0 Å². The van der Waals surface area contributed by atoms with E-state index in [1.54, 1.807) is 0 Å². The summed E-state index contributed by atoms with van der Waals surface area (Å²) in [6.45, 7) is 0.254. The molecule has 1 aliphatic rings. The molecule has 0 atom stereocenters. The maximum atomic E-state index is 6.08. The van der Waals surface area contributed by atoms with Crippen LogP contribution in [0.5, 0.6) is 11.5 Å². The smallest absolute Gasteiger partial charge is 0.231 e. The van der Waals surface area contributed by atoms with Crippen molar-refractivity contribution in [1.82, 2.24) is 9.55 Å². The molecule has 0 saturated carbocycles. The molecule has 0 fully saturated rings. The molecule has 6 heteroatoms. The van der Waals surface area contributed by atoms with E-state index in [1.807, 2.05) is 41.0 Å². The second-order valence-corrected chi connectivity index (χ2v) is 5.29. The van der Waals surface area contributed by atoms with E-state index in [-0.39, 0.29) is 6.79 Å². The number of rotatable bonds is 1. The molecule has 4 nitrogen and oxygen atoms in total. The summed E-state index contributed by atoms with van der Waals surface area (Å²) in [4.78, 5) is 3.17. The average molecular weight is 305 g/mol. The van der Waals surface area contributed by atoms with Crippen LogP contribution in [0.4, 0.5) is 0 Å². The first-order valence-corrected chi connectivity index (χ1v) is 6.81. The third-order valence-electron chi connectivity index (χ3n) is 3.26. The van der Waals surface area contributed by atoms with Gasteiger partial charge >= 0.3 is 0 Å². The number of halogens is 1. The lowest BCUT2D eigenvalue weighted by molar-refractivity contribution is 0.174. The second kappa shape index (κ2) is 4.26. The number of imidazole rings is 1. The normalized spacial score (nSPS) is 13.1. The zero-order valence-corrected chi connectivity index (χ0v) is 11.8. The molecular weight excluding hydrogens is 296 g/mol. The Labute approximate surface area is 124 Å². The molecule has 0 amide bonds. The van der Waals surface area contributed by atoms with Crippen LogP contribution in [0.25, 0.3) is 16.7 Å². The van der Waals surface area contributed by atoms with E-state index in [4.69, 9.17) is 33.3 Å². The molecule has 3 aromatic rings. The molecule has 100 valence electrons. The van der Waals surface area contributed by atoms with Crippen LogP contribution in [0.3, 0.4) is 0 Å². The van der Waals surface area contributed by atoms with Crippen LogP contribution in [0.1, 0.15) is 0 Å². The number of benzene rings is 2. The average Bonchev–Trinajstić information content (AvgIpc) is 3.00. The van der Waals surface area contributed by atoms with Crippen LogP contribution < -0.4 is 9.47 Å². The number of fused-ring (bicyclic) bond motifs is 2. The van der Waals surface area contributed by atoms with Gasteiger partial charge in [0.15, 0.2) is 16.3 Å². The Balaban J connectivity index is 2.00. The minimum Gasteiger partial charge on any atom is -0.454 e. The lowest BCUT2D eigenvalue weighted by Crippen LogP contribution is -1.94. The molecule has 0 unspecified atom stereocenters. The van der Waals surface area contributed by atoms with Gasteiger partial charge in [-0.15, -0.1) is 0 Å². The summed E-state index contributed by atoms with van der Waals surface area (Å²) in [7, 11) is 0. The summed E-state index contributed by atoms with van der Waals surface area (Å²) >= 11 is 11.5. The summed E-state index contributed by atoms with van der Waals surface area (Å²) in [5.74, 6) is 1.47. The van der Waals surface area contributed by atoms with Gasteiger partial charge in [-0.2, -0.15) is 0 Å². The maximum Gasteiger partial charge on any atom is 0.231 e. The molecule has 2 aromatic carbocycles. The van der Waals surface area contributed by atoms with Gasteiger partial charge in [-0.3, -0.25) is 4.57 Å². The predicted octanol–water partition coefficient (Wildman–Crippen LogP) is 4.07. The number of nitrogens with zero attached hydrogens (tertiary/aromatic N) is 1. The topological polar surface area (TPSA) is 39.2 Å². The number of nitrogens with one attached hydrogen (secondary N) is 1. The van der Waals surface area contributed by atoms with Crippen molar-refractivity contribution < 1.29 is 9.47 Å². The Bertz CT molecular complexity index is 885. The van der Waals surface area contributed by atoms with Crippen molar-refractivity contribution in [3.05, 3.63) is 46.2 Å². The quantitative estimate of drug-likeness (QED) is 0.689. The van der Waals surface area contributed by atoms with Gasteiger partial charge in [-0.05, 0) is 42.5 Å². The minimum absolute atomic E-state index is 0.254. The van der Waals surface area contributed by atoms with Crippen LogP contribution >= 0.6 is 23.8 Å². The molecule has 0 spiro atoms. The van der Waals surface area contributed by atoms with Crippen LogP contribution in [-0.4, -0.2) is 16.3 Å². The number of aromatic amines is 1. The van der Waals surface area contributed by atoms with Crippen LogP contribution in [0.2, 0.25) is 5.02 Å². The van der Waals surface area contributed by atoms with Crippen LogP contribution in [-0.2, 0) is 0 Å². The molecule has 2 heterocycles. The monoisotopic (exact) mass is 304 g/mol. The first-order chi connectivity index (χ1) is 9.72. The van der Waals surface area contributed by atoms with Crippen LogP contribution in [0, 0.1) is 4.77 Å². The highest BCUT2D eigenvalue weighted by Gasteiger charge is 2.15. The van der Waals surface area contributed by atoms with Gasteiger partial charge in [0, 0.05) is 11.1 Å². The van der Waals surface area contributed by atoms with Crippen molar-refractivity contribution in [2.45, 2.75) is 0 Å². The van der Waals surface area contributed by atoms with Gasteiger partial charge < -0.3 is 14.5 Å². The highest BCUT2D eigenvalue weighted by Crippen LogP contribution is 2.34. The number of H-pyrrole nitrogens is 1. The fourth-order valence-corrected chi connectivity index (χ4v) is 2.84. The Morgan fingerprint density at radius 3 is 2.85 bits per heavy atom. The van der Waals surface area contributed by atoms with E-state index < -0.39 is 0 Å². The number of hydrogen-bond donors (Lipinski definition) is 1. The Morgan fingerprint density at radius 1 is 1.10 bits per heavy atom. The third kappa shape index (κ3) is 1.71. The van der Waals surface area contributed by atoms with E-state index >= 15 is 0 Å². The van der Waals surface area contributed by atoms with Gasteiger partial charge in [0.1, 0.15) is 0 Å². The molecule has 0 aliphatic carbocycles. The Morgan fingerprint density at radius 2 is 1.95 bits per heavy atom. The van der Waals surface area contributed by atoms with E-state index in [0.717, 1.165) is 28.2 Å². The second-order valence-electron chi connectivity index (χ2n) is 4.46. The molecular formula is C14H9ClN2O2S. The van der Waals surface area contributed by atoms with Gasteiger partial charge in [-0.1, -0.05) is 11.6 Å². The SMILES string of the molecule is S=c1[nH]c2ccc(Cl)cc2n1-c1ccc2c(c1)OCO2. The molecule has 0 radical (unpaired) electrons. The Hall–Kier alpha value is -1.98. The minimum atomic E-state index is 0.254. The maximum absolute atomic E-state index is 6.08. The van der Waals surface area contributed by atoms with Crippen molar-refractivity contribution in [1.29, 1.82) is 0 Å². The summed E-state index contributed by atoms with van der Waals surface area (Å²) in [5, 5.41) is 0.668. The molecule has 1 aromatic heterocycles. The highest BCUT2D eigenvalue weighted by molar-refractivity contribution is 7.71. The summed E-state index contributed by atoms with van der Waals surface area (Å²) < 4.78 is 13.3. The zero-order valence-electron chi connectivity index (χ0n) is 10.2. The first-order valence-electron chi connectivity index (χ1n) is 6.03. The molecule has 20 heavy (non-hydrogen) atoms. The largest absolute Gasteiger partial charge is 0.454 e. The fourth-order valence-electron chi connectivity index (χ4n) is 2.36. The van der Waals surface area contributed by atoms with Gasteiger partial charge in [0.25, 0.3) is 0 Å². The van der Waals surface area contributed by atoms with Crippen molar-refractivity contribution in [2.75, 3.05) is 6.79 Å². The van der Waals surface area contributed by atoms with Gasteiger partial charge in [0.2, 0.25) is 6.79 Å². The predicted molar refractivity (Wildman–Crippen MR) is 79.6 cm³/mol. The molecule has 0 bridgehead atoms. The zero-order chi connectivity index (χ0) is 13.7. The summed E-state index contributed by atoms with van der Waals surface area (Å²) in [6, 6.07) is 11.4. The molecule has 1 N–H and O–H groups in total. The van der Waals surface area contributed by atoms with Crippen molar-refractivity contribution in [3.63, 3.8) is 0 Å². The third-order valence-corrected chi connectivity index (χ3v) is 3.78. The Kier molecular flexibility index (Phi) is 2.52. The number of ether oxygens (including phenoxy) is 2. The van der Waals surface area contributed by atoms with Crippen molar-refractivity contribution >= 4 is 34.9 Å². The van der Waals surface area contributed by atoms with E-state index in [9.17, 15) is 0 Å². The molecule has 1 aliphatic heterocycles. The summed E-state index contributed by atoms with van der Waals surface area (Å²) in [5.41, 5.74) is 2.78. The fraction of sp³-hybridized carbons (Fsp3) is 0.0714. The van der Waals surface area contributed by atoms with Gasteiger partial charge in [0.05, 0.1) is 16.7 Å². The number of hydrogen-bond acceptors (Lipinski definition) is 3. The van der Waals surface area contributed by atoms with Crippen molar-refractivity contribution in [3.8, 4) is 17.2 Å². The lowest BCUT2D eigenvalue weighted by Gasteiger charge is -2.06.